The molecule has 2 heterocycles. The smallest absolute Gasteiger partial charge is 0.220 e. The van der Waals surface area contributed by atoms with Crippen molar-refractivity contribution in [1.29, 1.82) is 0 Å². The van der Waals surface area contributed by atoms with Crippen LogP contribution in [0.2, 0.25) is 5.02 Å². The van der Waals surface area contributed by atoms with E-state index in [2.05, 4.69) is 15.3 Å². The van der Waals surface area contributed by atoms with E-state index in [-0.39, 0.29) is 0 Å². The van der Waals surface area contributed by atoms with Gasteiger partial charge in [-0.3, -0.25) is 4.68 Å². The highest BCUT2D eigenvalue weighted by molar-refractivity contribution is 6.31. The molecule has 1 aromatic carbocycles. The molecule has 2 aromatic heterocycles. The highest BCUT2D eigenvalue weighted by Crippen LogP contribution is 2.15. The van der Waals surface area contributed by atoms with Crippen LogP contribution in [0.5, 0.6) is 5.75 Å². The molecule has 0 spiro atoms. The average Bonchev–Trinajstić information content (AvgIpc) is 3.13. The fraction of sp³-hybridized carbons (Fsp3) is 0.312. The van der Waals surface area contributed by atoms with Crippen LogP contribution < -0.4 is 4.74 Å². The van der Waals surface area contributed by atoms with E-state index in [0.29, 0.717) is 36.2 Å². The van der Waals surface area contributed by atoms with Crippen LogP contribution in [0, 0.1) is 6.92 Å². The van der Waals surface area contributed by atoms with Gasteiger partial charge in [0.2, 0.25) is 11.8 Å². The van der Waals surface area contributed by atoms with E-state index in [1.807, 2.05) is 31.2 Å². The molecule has 3 aromatic rings. The molecule has 0 fully saturated rings. The number of methoxy groups -OCH3 is 1. The minimum atomic E-state index is 0.595. The first kappa shape index (κ1) is 15.6. The Labute approximate surface area is 139 Å². The summed E-state index contributed by atoms with van der Waals surface area (Å²) in [6.45, 7) is 2.52. The third-order valence-corrected chi connectivity index (χ3v) is 3.84. The first-order valence-electron chi connectivity index (χ1n) is 7.28. The lowest BCUT2D eigenvalue weighted by molar-refractivity contribution is 0.414. The first-order valence-corrected chi connectivity index (χ1v) is 7.65. The normalized spacial score (nSPS) is 10.9. The fourth-order valence-corrected chi connectivity index (χ4v) is 2.35. The van der Waals surface area contributed by atoms with Crippen LogP contribution in [0.3, 0.4) is 0 Å². The number of hydrogen-bond donors (Lipinski definition) is 0. The summed E-state index contributed by atoms with van der Waals surface area (Å²) < 4.78 is 12.6. The summed E-state index contributed by atoms with van der Waals surface area (Å²) in [6, 6.07) is 7.79. The van der Waals surface area contributed by atoms with Gasteiger partial charge in [0.25, 0.3) is 0 Å². The van der Waals surface area contributed by atoms with Gasteiger partial charge in [-0.25, -0.2) is 0 Å². The van der Waals surface area contributed by atoms with Crippen LogP contribution in [0.15, 0.2) is 34.9 Å². The van der Waals surface area contributed by atoms with Crippen LogP contribution in [-0.4, -0.2) is 27.1 Å². The van der Waals surface area contributed by atoms with E-state index >= 15 is 0 Å². The molecule has 0 saturated carbocycles. The second-order valence-corrected chi connectivity index (χ2v) is 5.60. The summed E-state index contributed by atoms with van der Waals surface area (Å²) >= 11 is 5.98. The quantitative estimate of drug-likeness (QED) is 0.694. The Balaban J connectivity index is 1.58. The minimum absolute atomic E-state index is 0.595. The highest BCUT2D eigenvalue weighted by atomic mass is 35.5. The van der Waals surface area contributed by atoms with Crippen molar-refractivity contribution in [2.24, 2.45) is 0 Å². The van der Waals surface area contributed by atoms with Crippen LogP contribution >= 0.6 is 11.6 Å². The van der Waals surface area contributed by atoms with Crippen LogP contribution in [0.25, 0.3) is 0 Å². The van der Waals surface area contributed by atoms with Gasteiger partial charge in [0.15, 0.2) is 0 Å². The number of hydrogen-bond acceptors (Lipinski definition) is 5. The standard InChI is InChI=1S/C16H17ClN4O2/c1-11-14(17)10-21(20-11)8-7-15-18-19-16(23-15)9-12-3-5-13(22-2)6-4-12/h3-6,10H,7-9H2,1-2H3. The number of aromatic nitrogens is 4. The number of ether oxygens (including phenoxy) is 1. The topological polar surface area (TPSA) is 66.0 Å². The molecular weight excluding hydrogens is 316 g/mol. The molecule has 6 nitrogen and oxygen atoms in total. The van der Waals surface area contributed by atoms with E-state index in [0.717, 1.165) is 17.0 Å². The van der Waals surface area contributed by atoms with E-state index in [9.17, 15) is 0 Å². The monoisotopic (exact) mass is 332 g/mol. The minimum Gasteiger partial charge on any atom is -0.497 e. The Morgan fingerprint density at radius 3 is 2.57 bits per heavy atom. The van der Waals surface area contributed by atoms with Crippen LogP contribution in [-0.2, 0) is 19.4 Å². The maximum Gasteiger partial charge on any atom is 0.220 e. The summed E-state index contributed by atoms with van der Waals surface area (Å²) in [7, 11) is 1.65. The van der Waals surface area contributed by atoms with Gasteiger partial charge in [0, 0.05) is 19.2 Å². The molecule has 0 aliphatic rings. The van der Waals surface area contributed by atoms with Gasteiger partial charge < -0.3 is 9.15 Å². The molecule has 0 atom stereocenters. The zero-order valence-electron chi connectivity index (χ0n) is 13.0. The Hall–Kier alpha value is -2.34. The Morgan fingerprint density at radius 1 is 1.17 bits per heavy atom. The maximum atomic E-state index is 5.98. The molecule has 120 valence electrons. The number of rotatable bonds is 6. The van der Waals surface area contributed by atoms with Gasteiger partial charge in [-0.05, 0) is 24.6 Å². The average molecular weight is 333 g/mol. The summed E-state index contributed by atoms with van der Waals surface area (Å²) in [5.74, 6) is 2.02. The predicted octanol–water partition coefficient (Wildman–Crippen LogP) is 3.07. The Kier molecular flexibility index (Phi) is 4.62. The van der Waals surface area contributed by atoms with E-state index < -0.39 is 0 Å². The van der Waals surface area contributed by atoms with Gasteiger partial charge >= 0.3 is 0 Å². The van der Waals surface area contributed by atoms with E-state index in [1.54, 1.807) is 18.0 Å². The van der Waals surface area contributed by atoms with Gasteiger partial charge in [0.1, 0.15) is 5.75 Å². The molecule has 7 heteroatoms. The lowest BCUT2D eigenvalue weighted by atomic mass is 10.1. The summed E-state index contributed by atoms with van der Waals surface area (Å²) in [4.78, 5) is 0. The second kappa shape index (κ2) is 6.83. The highest BCUT2D eigenvalue weighted by Gasteiger charge is 2.09. The third-order valence-electron chi connectivity index (χ3n) is 3.46. The lowest BCUT2D eigenvalue weighted by Gasteiger charge is -2.00. The van der Waals surface area contributed by atoms with Crippen LogP contribution in [0.1, 0.15) is 23.0 Å². The molecule has 0 unspecified atom stereocenters. The fourth-order valence-electron chi connectivity index (χ4n) is 2.20. The van der Waals surface area contributed by atoms with Crippen molar-refractivity contribution in [3.63, 3.8) is 0 Å². The molecular formula is C16H17ClN4O2. The zero-order valence-corrected chi connectivity index (χ0v) is 13.7. The molecule has 0 amide bonds. The van der Waals surface area contributed by atoms with E-state index in [1.165, 1.54) is 0 Å². The van der Waals surface area contributed by atoms with Crippen molar-refractivity contribution >= 4 is 11.6 Å². The van der Waals surface area contributed by atoms with Crippen molar-refractivity contribution in [1.82, 2.24) is 20.0 Å². The van der Waals surface area contributed by atoms with Gasteiger partial charge in [-0.1, -0.05) is 23.7 Å². The maximum absolute atomic E-state index is 5.98. The predicted molar refractivity (Wildman–Crippen MR) is 85.8 cm³/mol. The molecule has 0 aliphatic carbocycles. The summed E-state index contributed by atoms with van der Waals surface area (Å²) in [5, 5.41) is 13.1. The molecule has 0 aliphatic heterocycles. The third kappa shape index (κ3) is 3.90. The molecule has 0 saturated heterocycles. The Morgan fingerprint density at radius 2 is 1.91 bits per heavy atom. The summed E-state index contributed by atoms with van der Waals surface area (Å²) in [6.07, 6.45) is 3.02. The SMILES string of the molecule is COc1ccc(Cc2nnc(CCn3cc(Cl)c(C)n3)o2)cc1. The van der Waals surface area contributed by atoms with Crippen LogP contribution in [0.4, 0.5) is 0 Å². The Bertz CT molecular complexity index is 760. The molecule has 3 rings (SSSR count). The van der Waals surface area contributed by atoms with Crippen molar-refractivity contribution in [3.8, 4) is 5.75 Å². The zero-order chi connectivity index (χ0) is 16.2. The largest absolute Gasteiger partial charge is 0.497 e. The van der Waals surface area contributed by atoms with Gasteiger partial charge in [-0.2, -0.15) is 5.10 Å². The number of nitrogens with zero attached hydrogens (tertiary/aromatic N) is 4. The van der Waals surface area contributed by atoms with E-state index in [4.69, 9.17) is 20.8 Å². The first-order chi connectivity index (χ1) is 11.1. The molecule has 0 bridgehead atoms. The molecule has 23 heavy (non-hydrogen) atoms. The second-order valence-electron chi connectivity index (χ2n) is 5.19. The van der Waals surface area contributed by atoms with Crippen molar-refractivity contribution < 1.29 is 9.15 Å². The lowest BCUT2D eigenvalue weighted by Crippen LogP contribution is -2.02. The van der Waals surface area contributed by atoms with Gasteiger partial charge in [-0.15, -0.1) is 10.2 Å². The number of aryl methyl sites for hydroxylation is 3. The number of halogens is 1. The van der Waals surface area contributed by atoms with Crippen molar-refractivity contribution in [2.45, 2.75) is 26.3 Å². The van der Waals surface area contributed by atoms with Gasteiger partial charge in [0.05, 0.1) is 24.2 Å². The number of benzene rings is 1. The summed E-state index contributed by atoms with van der Waals surface area (Å²) in [5.41, 5.74) is 1.91. The van der Waals surface area contributed by atoms with Crippen molar-refractivity contribution in [3.05, 3.63) is 58.5 Å². The molecule has 0 radical (unpaired) electrons. The molecule has 0 N–H and O–H groups in total. The van der Waals surface area contributed by atoms with Crippen molar-refractivity contribution in [2.75, 3.05) is 7.11 Å².